The largest absolute Gasteiger partial charge is 1.00 e. The SMILES string of the molecule is CCCCCCCCCCCCCCCCCC(CCCCCCCCCCCCCCCC)OS(=O)(=O)[O-].CCCCCCCCCCCCCCCCO.[Na+]. The van der Waals surface area contributed by atoms with Crippen LogP contribution in [0.15, 0.2) is 0 Å². The molecule has 1 atom stereocenters. The monoisotopic (exact) mass is 839 g/mol. The summed E-state index contributed by atoms with van der Waals surface area (Å²) in [5.74, 6) is 0. The molecule has 0 bridgehead atoms. The van der Waals surface area contributed by atoms with Crippen LogP contribution in [-0.2, 0) is 14.6 Å². The molecule has 0 heterocycles. The van der Waals surface area contributed by atoms with Crippen LogP contribution >= 0.6 is 0 Å². The zero-order valence-corrected chi connectivity index (χ0v) is 42.4. The number of rotatable bonds is 47. The number of aliphatic hydroxyl groups excluding tert-OH is 1. The van der Waals surface area contributed by atoms with Gasteiger partial charge >= 0.3 is 29.6 Å². The summed E-state index contributed by atoms with van der Waals surface area (Å²) in [6, 6.07) is 0. The van der Waals surface area contributed by atoms with Crippen LogP contribution < -0.4 is 29.6 Å². The molecule has 0 aromatic rings. The van der Waals surface area contributed by atoms with Crippen LogP contribution in [0.4, 0.5) is 0 Å². The van der Waals surface area contributed by atoms with Gasteiger partial charge in [-0.15, -0.1) is 0 Å². The molecule has 0 saturated heterocycles. The average molecular weight is 839 g/mol. The summed E-state index contributed by atoms with van der Waals surface area (Å²) in [4.78, 5) is 0. The van der Waals surface area contributed by atoms with E-state index in [4.69, 9.17) is 9.29 Å². The third-order valence-electron chi connectivity index (χ3n) is 11.8. The van der Waals surface area contributed by atoms with Crippen LogP contribution in [0.5, 0.6) is 0 Å². The molecule has 1 unspecified atom stereocenters. The molecule has 0 spiro atoms. The fourth-order valence-electron chi connectivity index (χ4n) is 8.02. The van der Waals surface area contributed by atoms with Gasteiger partial charge in [0.2, 0.25) is 10.4 Å². The predicted octanol–water partition coefficient (Wildman–Crippen LogP) is 14.4. The van der Waals surface area contributed by atoms with Gasteiger partial charge in [0, 0.05) is 6.61 Å². The van der Waals surface area contributed by atoms with Gasteiger partial charge in [-0.3, -0.25) is 4.18 Å². The maximum absolute atomic E-state index is 11.2. The smallest absolute Gasteiger partial charge is 0.726 e. The summed E-state index contributed by atoms with van der Waals surface area (Å²) in [6.07, 6.45) is 58.1. The van der Waals surface area contributed by atoms with Gasteiger partial charge in [-0.1, -0.05) is 290 Å². The molecule has 57 heavy (non-hydrogen) atoms. The Morgan fingerprint density at radius 2 is 0.526 bits per heavy atom. The predicted molar refractivity (Wildman–Crippen MR) is 246 cm³/mol. The molecule has 0 aliphatic rings. The Kier molecular flexibility index (Phi) is 59.8. The molecular formula is C50H103NaO5S. The van der Waals surface area contributed by atoms with Crippen molar-refractivity contribution in [2.24, 2.45) is 0 Å². The standard InChI is InChI=1S/C34H70O4S.C16H34O.Na/c1-3-5-7-9-11-13-15-17-19-21-23-25-27-29-31-33-34(38-39(35,36)37)32-30-28-26-24-22-20-18-16-14-12-10-8-6-4-2;1-2-3-4-5-6-7-8-9-10-11-12-13-14-15-16-17;/h34H,3-33H2,1-2H3,(H,35,36,37);17H,2-16H2,1H3;/q;;+1/p-1. The molecule has 0 aliphatic carbocycles. The minimum Gasteiger partial charge on any atom is -0.726 e. The molecule has 340 valence electrons. The van der Waals surface area contributed by atoms with E-state index in [9.17, 15) is 13.0 Å². The zero-order chi connectivity index (χ0) is 41.3. The quantitative estimate of drug-likeness (QED) is 0.0285. The van der Waals surface area contributed by atoms with Crippen LogP contribution in [0.2, 0.25) is 0 Å². The van der Waals surface area contributed by atoms with Crippen molar-refractivity contribution < 1.29 is 51.8 Å². The Morgan fingerprint density at radius 1 is 0.351 bits per heavy atom. The normalized spacial score (nSPS) is 12.0. The van der Waals surface area contributed by atoms with E-state index in [1.54, 1.807) is 0 Å². The third-order valence-corrected chi connectivity index (χ3v) is 12.3. The van der Waals surface area contributed by atoms with E-state index in [0.717, 1.165) is 32.1 Å². The first-order chi connectivity index (χ1) is 27.4. The van der Waals surface area contributed by atoms with E-state index in [1.165, 1.54) is 244 Å². The molecule has 0 radical (unpaired) electrons. The Hall–Kier alpha value is 0.830. The van der Waals surface area contributed by atoms with E-state index in [-0.39, 0.29) is 29.6 Å². The van der Waals surface area contributed by atoms with Crippen LogP contribution in [-0.4, -0.2) is 30.8 Å². The van der Waals surface area contributed by atoms with Crippen LogP contribution in [0.1, 0.15) is 310 Å². The molecular weight excluding hydrogens is 736 g/mol. The first kappa shape index (κ1) is 62.1. The zero-order valence-electron chi connectivity index (χ0n) is 39.6. The molecule has 0 aromatic carbocycles. The second-order valence-electron chi connectivity index (χ2n) is 17.6. The van der Waals surface area contributed by atoms with Gasteiger partial charge in [0.25, 0.3) is 0 Å². The summed E-state index contributed by atoms with van der Waals surface area (Å²) >= 11 is 0. The minimum absolute atomic E-state index is 0. The topological polar surface area (TPSA) is 86.7 Å². The van der Waals surface area contributed by atoms with Crippen molar-refractivity contribution in [1.29, 1.82) is 0 Å². The average Bonchev–Trinajstić information content (AvgIpc) is 3.18. The molecule has 1 N–H and O–H groups in total. The summed E-state index contributed by atoms with van der Waals surface area (Å²) in [7, 11) is -4.61. The Balaban J connectivity index is -0.00000136. The van der Waals surface area contributed by atoms with Crippen molar-refractivity contribution in [3.8, 4) is 0 Å². The molecule has 0 saturated carbocycles. The Bertz CT molecular complexity index is 782. The molecule has 0 fully saturated rings. The fraction of sp³-hybridized carbons (Fsp3) is 1.00. The number of aliphatic hydroxyl groups is 1. The number of unbranched alkanes of at least 4 members (excludes halogenated alkanes) is 40. The van der Waals surface area contributed by atoms with E-state index < -0.39 is 16.5 Å². The van der Waals surface area contributed by atoms with E-state index in [0.29, 0.717) is 19.4 Å². The van der Waals surface area contributed by atoms with Gasteiger partial charge in [-0.25, -0.2) is 8.42 Å². The molecule has 0 aromatic heterocycles. The second-order valence-corrected chi connectivity index (χ2v) is 18.6. The first-order valence-corrected chi connectivity index (χ1v) is 27.0. The molecule has 0 rings (SSSR count). The number of hydrogen-bond donors (Lipinski definition) is 1. The first-order valence-electron chi connectivity index (χ1n) is 25.7. The Labute approximate surface area is 382 Å². The summed E-state index contributed by atoms with van der Waals surface area (Å²) in [5, 5.41) is 8.64. The van der Waals surface area contributed by atoms with Crippen LogP contribution in [0, 0.1) is 0 Å². The van der Waals surface area contributed by atoms with Gasteiger partial charge in [0.05, 0.1) is 6.10 Å². The van der Waals surface area contributed by atoms with Gasteiger partial charge in [-0.2, -0.15) is 0 Å². The number of hydrogen-bond acceptors (Lipinski definition) is 5. The maximum atomic E-state index is 11.2. The second kappa shape index (κ2) is 54.8. The van der Waals surface area contributed by atoms with Crippen molar-refractivity contribution in [2.75, 3.05) is 6.61 Å². The molecule has 7 heteroatoms. The van der Waals surface area contributed by atoms with Gasteiger partial charge in [-0.05, 0) is 19.3 Å². The molecule has 0 amide bonds. The van der Waals surface area contributed by atoms with Gasteiger partial charge in [0.1, 0.15) is 0 Å². The van der Waals surface area contributed by atoms with Crippen molar-refractivity contribution in [2.45, 2.75) is 316 Å². The maximum Gasteiger partial charge on any atom is 1.00 e. The summed E-state index contributed by atoms with van der Waals surface area (Å²) in [5.41, 5.74) is 0. The van der Waals surface area contributed by atoms with Crippen LogP contribution in [0.3, 0.4) is 0 Å². The van der Waals surface area contributed by atoms with E-state index in [1.807, 2.05) is 0 Å². The Morgan fingerprint density at radius 3 is 0.702 bits per heavy atom. The van der Waals surface area contributed by atoms with Crippen molar-refractivity contribution in [3.63, 3.8) is 0 Å². The third kappa shape index (κ3) is 61.2. The van der Waals surface area contributed by atoms with Crippen LogP contribution in [0.25, 0.3) is 0 Å². The fourth-order valence-corrected chi connectivity index (χ4v) is 8.55. The van der Waals surface area contributed by atoms with E-state index in [2.05, 4.69) is 20.8 Å². The summed E-state index contributed by atoms with van der Waals surface area (Å²) < 4.78 is 38.4. The van der Waals surface area contributed by atoms with Gasteiger partial charge in [0.15, 0.2) is 0 Å². The van der Waals surface area contributed by atoms with Crippen molar-refractivity contribution >= 4 is 10.4 Å². The van der Waals surface area contributed by atoms with Crippen molar-refractivity contribution in [1.82, 2.24) is 0 Å². The molecule has 0 aliphatic heterocycles. The molecule has 5 nitrogen and oxygen atoms in total. The van der Waals surface area contributed by atoms with Gasteiger partial charge < -0.3 is 9.66 Å². The minimum atomic E-state index is -4.61. The van der Waals surface area contributed by atoms with Crippen molar-refractivity contribution in [3.05, 3.63) is 0 Å². The van der Waals surface area contributed by atoms with E-state index >= 15 is 0 Å². The summed E-state index contributed by atoms with van der Waals surface area (Å²) in [6.45, 7) is 7.19.